The fraction of sp³-hybridized carbons (Fsp3) is 0.375. The minimum absolute atomic E-state index is 0.343. The summed E-state index contributed by atoms with van der Waals surface area (Å²) in [5.74, 6) is -1.54. The van der Waals surface area contributed by atoms with E-state index in [4.69, 9.17) is 10.7 Å². The number of hydrogen-bond donors (Lipinski definition) is 0. The number of rotatable bonds is 4. The second-order valence-electron chi connectivity index (χ2n) is 3.26. The lowest BCUT2D eigenvalue weighted by molar-refractivity contribution is -0.277. The van der Waals surface area contributed by atoms with Crippen molar-refractivity contribution < 1.29 is 35.1 Å². The highest BCUT2D eigenvalue weighted by Crippen LogP contribution is 2.36. The van der Waals surface area contributed by atoms with Gasteiger partial charge in [-0.1, -0.05) is 15.9 Å². The van der Waals surface area contributed by atoms with Gasteiger partial charge < -0.3 is 4.74 Å². The third-order valence-electron chi connectivity index (χ3n) is 1.86. The van der Waals surface area contributed by atoms with Crippen molar-refractivity contribution in [2.75, 3.05) is 0 Å². The Morgan fingerprint density at radius 2 is 1.95 bits per heavy atom. The monoisotopic (exact) mass is 403 g/mol. The lowest BCUT2D eigenvalue weighted by atomic mass is 10.2. The summed E-state index contributed by atoms with van der Waals surface area (Å²) in [5, 5.41) is -0.343. The van der Waals surface area contributed by atoms with Gasteiger partial charge in [0, 0.05) is 16.0 Å². The first-order valence-corrected chi connectivity index (χ1v) is 7.97. The van der Waals surface area contributed by atoms with Crippen molar-refractivity contribution in [2.45, 2.75) is 23.0 Å². The predicted molar refractivity (Wildman–Crippen MR) is 61.5 cm³/mol. The van der Waals surface area contributed by atoms with Crippen molar-refractivity contribution in [3.8, 4) is 5.88 Å². The van der Waals surface area contributed by atoms with Crippen molar-refractivity contribution in [3.63, 3.8) is 0 Å². The Kier molecular flexibility index (Phi) is 5.19. The minimum atomic E-state index is -5.31. The van der Waals surface area contributed by atoms with Crippen LogP contribution in [-0.2, 0) is 14.4 Å². The number of aromatic nitrogens is 1. The Morgan fingerprint density at radius 1 is 1.40 bits per heavy atom. The van der Waals surface area contributed by atoms with Gasteiger partial charge in [0.05, 0.1) is 0 Å². The van der Waals surface area contributed by atoms with E-state index in [1.807, 2.05) is 0 Å². The first-order chi connectivity index (χ1) is 8.95. The normalized spacial score (nSPS) is 12.8. The zero-order chi connectivity index (χ0) is 15.7. The maximum atomic E-state index is 12.5. The highest BCUT2D eigenvalue weighted by atomic mass is 79.9. The van der Waals surface area contributed by atoms with Crippen LogP contribution < -0.4 is 4.74 Å². The molecule has 0 aliphatic carbocycles. The average molecular weight is 405 g/mol. The smallest absolute Gasteiger partial charge is 0.386 e. The van der Waals surface area contributed by atoms with E-state index in [1.54, 1.807) is 0 Å². The van der Waals surface area contributed by atoms with Gasteiger partial charge in [-0.15, -0.1) is 13.2 Å². The molecular formula is C8H4BrClF5NO3S. The molecule has 0 atom stereocenters. The van der Waals surface area contributed by atoms with Gasteiger partial charge in [0.25, 0.3) is 15.5 Å². The third-order valence-corrected chi connectivity index (χ3v) is 3.85. The van der Waals surface area contributed by atoms with Crippen LogP contribution in [0.4, 0.5) is 22.0 Å². The van der Waals surface area contributed by atoms with E-state index in [9.17, 15) is 30.4 Å². The van der Waals surface area contributed by atoms with E-state index >= 15 is 0 Å². The van der Waals surface area contributed by atoms with Gasteiger partial charge in [0.15, 0.2) is 0 Å². The number of nitrogens with zero attached hydrogens (tertiary/aromatic N) is 1. The quantitative estimate of drug-likeness (QED) is 0.436. The van der Waals surface area contributed by atoms with Gasteiger partial charge in [-0.25, -0.2) is 22.2 Å². The first-order valence-electron chi connectivity index (χ1n) is 4.54. The molecule has 0 aliphatic heterocycles. The SMILES string of the molecule is O=S(=O)(Cl)c1c(CBr)cc(C(F)F)nc1OC(F)(F)F. The standard InChI is InChI=1S/C8H4BrClF5NO3S/c9-2-3-1-4(6(11)12)16-7(19-8(13,14)15)5(3)20(10,17)18/h1,6H,2H2. The van der Waals surface area contributed by atoms with Crippen molar-refractivity contribution >= 4 is 35.7 Å². The lowest BCUT2D eigenvalue weighted by Gasteiger charge is -2.14. The van der Waals surface area contributed by atoms with Gasteiger partial charge in [-0.2, -0.15) is 0 Å². The Morgan fingerprint density at radius 3 is 2.30 bits per heavy atom. The van der Waals surface area contributed by atoms with E-state index in [0.717, 1.165) is 0 Å². The molecule has 1 aromatic rings. The molecule has 0 aromatic carbocycles. The van der Waals surface area contributed by atoms with E-state index in [-0.39, 0.29) is 5.33 Å². The molecule has 0 unspecified atom stereocenters. The highest BCUT2D eigenvalue weighted by molar-refractivity contribution is 9.08. The Bertz CT molecular complexity index is 607. The topological polar surface area (TPSA) is 56.3 Å². The molecule has 1 rings (SSSR count). The molecule has 12 heteroatoms. The molecule has 1 heterocycles. The van der Waals surface area contributed by atoms with Crippen LogP contribution in [0, 0.1) is 0 Å². The summed E-state index contributed by atoms with van der Waals surface area (Å²) >= 11 is 2.77. The van der Waals surface area contributed by atoms with E-state index in [1.165, 1.54) is 0 Å². The van der Waals surface area contributed by atoms with Crippen LogP contribution in [0.25, 0.3) is 0 Å². The highest BCUT2D eigenvalue weighted by Gasteiger charge is 2.36. The van der Waals surface area contributed by atoms with Gasteiger partial charge in [-0.05, 0) is 11.6 Å². The van der Waals surface area contributed by atoms with Crippen LogP contribution in [-0.4, -0.2) is 19.8 Å². The van der Waals surface area contributed by atoms with Crippen LogP contribution in [0.3, 0.4) is 0 Å². The molecule has 0 saturated carbocycles. The van der Waals surface area contributed by atoms with E-state index in [0.29, 0.717) is 6.07 Å². The van der Waals surface area contributed by atoms with Crippen molar-refractivity contribution in [1.29, 1.82) is 0 Å². The zero-order valence-electron chi connectivity index (χ0n) is 9.09. The van der Waals surface area contributed by atoms with Gasteiger partial charge in [0.1, 0.15) is 10.6 Å². The van der Waals surface area contributed by atoms with Crippen LogP contribution in [0.5, 0.6) is 5.88 Å². The maximum absolute atomic E-state index is 12.5. The molecule has 1 aromatic heterocycles. The van der Waals surface area contributed by atoms with Crippen LogP contribution in [0.15, 0.2) is 11.0 Å². The lowest BCUT2D eigenvalue weighted by Crippen LogP contribution is -2.20. The zero-order valence-corrected chi connectivity index (χ0v) is 12.2. The van der Waals surface area contributed by atoms with Crippen molar-refractivity contribution in [2.24, 2.45) is 0 Å². The van der Waals surface area contributed by atoms with E-state index in [2.05, 4.69) is 25.7 Å². The van der Waals surface area contributed by atoms with Crippen LogP contribution in [0.1, 0.15) is 17.7 Å². The van der Waals surface area contributed by atoms with Crippen molar-refractivity contribution in [1.82, 2.24) is 4.98 Å². The van der Waals surface area contributed by atoms with E-state index < -0.39 is 43.9 Å². The summed E-state index contributed by atoms with van der Waals surface area (Å²) in [4.78, 5) is 1.74. The largest absolute Gasteiger partial charge is 0.574 e. The molecule has 0 fully saturated rings. The summed E-state index contributed by atoms with van der Waals surface area (Å²) in [6, 6.07) is 0.623. The summed E-state index contributed by atoms with van der Waals surface area (Å²) in [6.45, 7) is 0. The Hall–Kier alpha value is -0.680. The summed E-state index contributed by atoms with van der Waals surface area (Å²) in [6.07, 6.45) is -8.52. The third kappa shape index (κ3) is 4.42. The Balaban J connectivity index is 3.62. The number of pyridine rings is 1. The fourth-order valence-corrected chi connectivity index (χ4v) is 3.10. The van der Waals surface area contributed by atoms with Crippen LogP contribution >= 0.6 is 26.6 Å². The summed E-state index contributed by atoms with van der Waals surface area (Å²) < 4.78 is 87.5. The second-order valence-corrected chi connectivity index (χ2v) is 6.32. The number of hydrogen-bond acceptors (Lipinski definition) is 4. The molecule has 0 amide bonds. The average Bonchev–Trinajstić information content (AvgIpc) is 2.23. The Labute approximate surface area is 122 Å². The molecule has 0 spiro atoms. The maximum Gasteiger partial charge on any atom is 0.574 e. The summed E-state index contributed by atoms with van der Waals surface area (Å²) in [7, 11) is 0.304. The van der Waals surface area contributed by atoms with Crippen LogP contribution in [0.2, 0.25) is 0 Å². The first kappa shape index (κ1) is 17.4. The second kappa shape index (κ2) is 5.98. The fourth-order valence-electron chi connectivity index (χ4n) is 1.23. The molecule has 114 valence electrons. The molecule has 4 nitrogen and oxygen atoms in total. The summed E-state index contributed by atoms with van der Waals surface area (Å²) in [5.41, 5.74) is -1.49. The number of alkyl halides is 6. The minimum Gasteiger partial charge on any atom is -0.386 e. The molecule has 0 aliphatic rings. The van der Waals surface area contributed by atoms with Gasteiger partial charge in [-0.3, -0.25) is 0 Å². The van der Waals surface area contributed by atoms with Crippen molar-refractivity contribution in [3.05, 3.63) is 17.3 Å². The molecule has 0 radical (unpaired) electrons. The molecule has 0 N–H and O–H groups in total. The number of halogens is 7. The predicted octanol–water partition coefficient (Wildman–Crippen LogP) is 3.74. The van der Waals surface area contributed by atoms with Gasteiger partial charge in [0.2, 0.25) is 5.88 Å². The number of ether oxygens (including phenoxy) is 1. The molecular weight excluding hydrogens is 401 g/mol. The molecule has 0 bridgehead atoms. The van der Waals surface area contributed by atoms with Gasteiger partial charge >= 0.3 is 6.36 Å². The molecule has 20 heavy (non-hydrogen) atoms. The molecule has 0 saturated heterocycles.